The largest absolute Gasteiger partial charge is 0.454 e. The highest BCUT2D eigenvalue weighted by Crippen LogP contribution is 2.21. The lowest BCUT2D eigenvalue weighted by atomic mass is 10.2. The lowest BCUT2D eigenvalue weighted by Gasteiger charge is -2.09. The van der Waals surface area contributed by atoms with Crippen molar-refractivity contribution in [3.8, 4) is 0 Å². The first-order valence-electron chi connectivity index (χ1n) is 9.52. The number of hydrogen-bond acceptors (Lipinski definition) is 8. The molecule has 11 heteroatoms. The highest BCUT2D eigenvalue weighted by atomic mass is 16.6. The van der Waals surface area contributed by atoms with Gasteiger partial charge >= 0.3 is 5.97 Å². The van der Waals surface area contributed by atoms with Gasteiger partial charge in [-0.3, -0.25) is 29.6 Å². The monoisotopic (exact) mass is 446 g/mol. The van der Waals surface area contributed by atoms with Gasteiger partial charge in [-0.15, -0.1) is 0 Å². The molecule has 0 saturated carbocycles. The molecule has 0 aliphatic carbocycles. The lowest BCUT2D eigenvalue weighted by molar-refractivity contribution is -0.385. The second-order valence-electron chi connectivity index (χ2n) is 6.84. The summed E-state index contributed by atoms with van der Waals surface area (Å²) in [6.07, 6.45) is 0. The molecule has 3 aromatic carbocycles. The highest BCUT2D eigenvalue weighted by Gasteiger charge is 2.21. The number of fused-ring (bicyclic) bond motifs is 1. The minimum atomic E-state index is -0.744. The summed E-state index contributed by atoms with van der Waals surface area (Å²) in [4.78, 5) is 50.4. The average molecular weight is 446 g/mol. The Morgan fingerprint density at radius 2 is 1.36 bits per heavy atom. The van der Waals surface area contributed by atoms with Crippen LogP contribution in [0.1, 0.15) is 26.5 Å². The van der Waals surface area contributed by atoms with E-state index < -0.39 is 21.7 Å². The third kappa shape index (κ3) is 4.28. The van der Waals surface area contributed by atoms with Crippen LogP contribution in [0.4, 0.5) is 11.4 Å². The van der Waals surface area contributed by atoms with Crippen molar-refractivity contribution < 1.29 is 24.2 Å². The minimum Gasteiger partial charge on any atom is -0.454 e. The van der Waals surface area contributed by atoms with E-state index >= 15 is 0 Å². The number of nitro benzene ring substituents is 2. The fourth-order valence-electron chi connectivity index (χ4n) is 3.19. The smallest absolute Gasteiger partial charge is 0.338 e. The quantitative estimate of drug-likeness (QED) is 0.246. The molecule has 33 heavy (non-hydrogen) atoms. The van der Waals surface area contributed by atoms with Crippen molar-refractivity contribution in [2.24, 2.45) is 0 Å². The first-order valence-corrected chi connectivity index (χ1v) is 9.52. The first kappa shape index (κ1) is 21.3. The molecule has 0 bridgehead atoms. The van der Waals surface area contributed by atoms with Gasteiger partial charge in [-0.2, -0.15) is 0 Å². The zero-order valence-electron chi connectivity index (χ0n) is 16.8. The molecule has 164 valence electrons. The van der Waals surface area contributed by atoms with E-state index in [4.69, 9.17) is 4.74 Å². The van der Waals surface area contributed by atoms with E-state index in [1.54, 1.807) is 24.3 Å². The Morgan fingerprint density at radius 3 is 1.94 bits per heavy atom. The minimum absolute atomic E-state index is 0.102. The Bertz CT molecular complexity index is 1390. The van der Waals surface area contributed by atoms with Gasteiger partial charge in [-0.05, 0) is 36.4 Å². The number of imidazole rings is 1. The molecule has 0 N–H and O–H groups in total. The molecular formula is C22H14N4O7. The summed E-state index contributed by atoms with van der Waals surface area (Å²) in [5, 5.41) is 21.6. The zero-order chi connectivity index (χ0) is 23.5. The molecule has 1 aromatic heterocycles. The molecule has 0 spiro atoms. The van der Waals surface area contributed by atoms with Crippen molar-refractivity contribution in [1.82, 2.24) is 9.55 Å². The first-order chi connectivity index (χ1) is 15.8. The maximum Gasteiger partial charge on any atom is 0.338 e. The van der Waals surface area contributed by atoms with Crippen molar-refractivity contribution >= 4 is 34.3 Å². The number of benzene rings is 3. The standard InChI is InChI=1S/C22H14N4O7/c27-21(14-5-9-16(10-6-14)25(29)30)24-19-4-2-1-3-18(19)23-20(24)13-33-22(28)15-7-11-17(12-8-15)26(31)32/h1-12H,13H2. The predicted molar refractivity (Wildman–Crippen MR) is 115 cm³/mol. The van der Waals surface area contributed by atoms with Crippen LogP contribution in [0.3, 0.4) is 0 Å². The predicted octanol–water partition coefficient (Wildman–Crippen LogP) is 3.90. The molecule has 0 amide bonds. The van der Waals surface area contributed by atoms with E-state index in [2.05, 4.69) is 4.98 Å². The van der Waals surface area contributed by atoms with Crippen molar-refractivity contribution in [3.05, 3.63) is 110 Å². The van der Waals surface area contributed by atoms with Crippen LogP contribution in [0.15, 0.2) is 72.8 Å². The summed E-state index contributed by atoms with van der Waals surface area (Å²) < 4.78 is 6.57. The average Bonchev–Trinajstić information content (AvgIpc) is 3.20. The van der Waals surface area contributed by atoms with Gasteiger partial charge < -0.3 is 4.74 Å². The van der Waals surface area contributed by atoms with Crippen LogP contribution in [0.5, 0.6) is 0 Å². The summed E-state index contributed by atoms with van der Waals surface area (Å²) in [6, 6.07) is 16.8. The van der Waals surface area contributed by atoms with Gasteiger partial charge in [0.15, 0.2) is 5.82 Å². The molecule has 0 unspecified atom stereocenters. The topological polar surface area (TPSA) is 147 Å². The van der Waals surface area contributed by atoms with Crippen molar-refractivity contribution in [3.63, 3.8) is 0 Å². The van der Waals surface area contributed by atoms with Crippen LogP contribution in [0.25, 0.3) is 11.0 Å². The summed E-state index contributed by atoms with van der Waals surface area (Å²) in [5.74, 6) is -1.10. The second-order valence-corrected chi connectivity index (χ2v) is 6.84. The summed E-state index contributed by atoms with van der Waals surface area (Å²) in [6.45, 7) is -0.344. The summed E-state index contributed by atoms with van der Waals surface area (Å²) in [7, 11) is 0. The second kappa shape index (κ2) is 8.67. The van der Waals surface area contributed by atoms with Gasteiger partial charge in [0.2, 0.25) is 0 Å². The Balaban J connectivity index is 1.62. The van der Waals surface area contributed by atoms with Gasteiger partial charge in [-0.25, -0.2) is 9.78 Å². The number of nitrogens with zero attached hydrogens (tertiary/aromatic N) is 4. The van der Waals surface area contributed by atoms with E-state index in [1.165, 1.54) is 53.1 Å². The molecule has 0 atom stereocenters. The van der Waals surface area contributed by atoms with Gasteiger partial charge in [0.25, 0.3) is 17.3 Å². The molecule has 0 radical (unpaired) electrons. The van der Waals surface area contributed by atoms with Crippen LogP contribution in [-0.4, -0.2) is 31.3 Å². The van der Waals surface area contributed by atoms with Gasteiger partial charge in [0, 0.05) is 29.8 Å². The molecule has 1 heterocycles. The summed E-state index contributed by atoms with van der Waals surface area (Å²) >= 11 is 0. The van der Waals surface area contributed by atoms with Crippen LogP contribution in [0.2, 0.25) is 0 Å². The van der Waals surface area contributed by atoms with Gasteiger partial charge in [0.05, 0.1) is 26.4 Å². The third-order valence-corrected chi connectivity index (χ3v) is 4.80. The number of ether oxygens (including phenoxy) is 1. The molecule has 11 nitrogen and oxygen atoms in total. The molecule has 0 saturated heterocycles. The van der Waals surface area contributed by atoms with Crippen molar-refractivity contribution in [1.29, 1.82) is 0 Å². The maximum absolute atomic E-state index is 13.2. The SMILES string of the molecule is O=C(OCc1nc2ccccc2n1C(=O)c1ccc([N+](=O)[O-])cc1)c1ccc([N+](=O)[O-])cc1. The number of carbonyl (C=O) groups excluding carboxylic acids is 2. The molecule has 0 fully saturated rings. The fourth-order valence-corrected chi connectivity index (χ4v) is 3.19. The number of rotatable bonds is 6. The van der Waals surface area contributed by atoms with Crippen molar-refractivity contribution in [2.75, 3.05) is 0 Å². The number of hydrogen-bond donors (Lipinski definition) is 0. The Kier molecular flexibility index (Phi) is 5.60. The van der Waals surface area contributed by atoms with Crippen LogP contribution in [-0.2, 0) is 11.3 Å². The lowest BCUT2D eigenvalue weighted by Crippen LogP contribution is -2.17. The third-order valence-electron chi connectivity index (χ3n) is 4.80. The van der Waals surface area contributed by atoms with Crippen LogP contribution >= 0.6 is 0 Å². The van der Waals surface area contributed by atoms with E-state index in [0.29, 0.717) is 11.0 Å². The van der Waals surface area contributed by atoms with Crippen LogP contribution < -0.4 is 0 Å². The highest BCUT2D eigenvalue weighted by molar-refractivity contribution is 6.02. The summed E-state index contributed by atoms with van der Waals surface area (Å²) in [5.41, 5.74) is 0.939. The number of esters is 1. The Labute approximate surface area is 185 Å². The molecule has 0 aliphatic rings. The molecule has 4 aromatic rings. The zero-order valence-corrected chi connectivity index (χ0v) is 16.8. The number of carbonyl (C=O) groups is 2. The van der Waals surface area contributed by atoms with Crippen molar-refractivity contribution in [2.45, 2.75) is 6.61 Å². The van der Waals surface area contributed by atoms with Gasteiger partial charge in [-0.1, -0.05) is 12.1 Å². The number of non-ortho nitro benzene ring substituents is 2. The molecular weight excluding hydrogens is 432 g/mol. The number of para-hydroxylation sites is 2. The normalized spacial score (nSPS) is 10.7. The van der Waals surface area contributed by atoms with E-state index in [0.717, 1.165) is 0 Å². The van der Waals surface area contributed by atoms with E-state index in [1.807, 2.05) is 0 Å². The van der Waals surface area contributed by atoms with Crippen LogP contribution in [0, 0.1) is 20.2 Å². The number of nitro groups is 2. The number of aromatic nitrogens is 2. The van der Waals surface area contributed by atoms with E-state index in [9.17, 15) is 29.8 Å². The Hall–Kier alpha value is -4.93. The fraction of sp³-hybridized carbons (Fsp3) is 0.0455. The van der Waals surface area contributed by atoms with Gasteiger partial charge in [0.1, 0.15) is 6.61 Å². The van der Waals surface area contributed by atoms with E-state index in [-0.39, 0.29) is 34.9 Å². The maximum atomic E-state index is 13.2. The molecule has 0 aliphatic heterocycles. The Morgan fingerprint density at radius 1 is 0.818 bits per heavy atom. The molecule has 4 rings (SSSR count).